The Bertz CT molecular complexity index is 1160. The first-order valence-electron chi connectivity index (χ1n) is 11.7. The molecule has 1 atom stereocenters. The Labute approximate surface area is 206 Å². The molecule has 1 aliphatic heterocycles. The highest BCUT2D eigenvalue weighted by molar-refractivity contribution is 8.77. The minimum atomic E-state index is -0.363. The van der Waals surface area contributed by atoms with Crippen LogP contribution in [0.1, 0.15) is 49.8 Å². The van der Waals surface area contributed by atoms with Crippen LogP contribution in [0.4, 0.5) is 0 Å². The van der Waals surface area contributed by atoms with Crippen molar-refractivity contribution in [3.05, 3.63) is 52.1 Å². The summed E-state index contributed by atoms with van der Waals surface area (Å²) in [5.74, 6) is 1.98. The molecular weight excluding hydrogens is 472 g/mol. The van der Waals surface area contributed by atoms with Gasteiger partial charge in [-0.25, -0.2) is 4.79 Å². The third kappa shape index (κ3) is 7.27. The standard InChI is InChI=1S/C24H30N4O4S2/c1-17-13-24(30)32-22-14-19(7-8-21(17)22)31-11-4-10-28-16-18(26-27-28)15-25-23(29)6-3-2-5-20-9-12-33-34-20/h7-8,13-14,16,20H,2-6,9-12,15H2,1H3,(H,25,29). The van der Waals surface area contributed by atoms with E-state index in [0.29, 0.717) is 37.4 Å². The van der Waals surface area contributed by atoms with E-state index in [1.54, 1.807) is 10.7 Å². The van der Waals surface area contributed by atoms with Gasteiger partial charge in [0.1, 0.15) is 17.0 Å². The highest BCUT2D eigenvalue weighted by atomic mass is 33.1. The van der Waals surface area contributed by atoms with E-state index in [1.165, 1.54) is 24.7 Å². The molecule has 8 nitrogen and oxygen atoms in total. The van der Waals surface area contributed by atoms with Crippen molar-refractivity contribution in [1.82, 2.24) is 20.3 Å². The van der Waals surface area contributed by atoms with Crippen LogP contribution in [0, 0.1) is 6.92 Å². The van der Waals surface area contributed by atoms with Crippen molar-refractivity contribution in [3.8, 4) is 5.75 Å². The van der Waals surface area contributed by atoms with Crippen LogP contribution in [0.25, 0.3) is 11.0 Å². The van der Waals surface area contributed by atoms with E-state index < -0.39 is 0 Å². The summed E-state index contributed by atoms with van der Waals surface area (Å²) in [5, 5.41) is 12.9. The van der Waals surface area contributed by atoms with Crippen molar-refractivity contribution in [3.63, 3.8) is 0 Å². The second-order valence-electron chi connectivity index (χ2n) is 8.43. The monoisotopic (exact) mass is 502 g/mol. The molecule has 0 radical (unpaired) electrons. The van der Waals surface area contributed by atoms with Gasteiger partial charge in [0, 0.05) is 47.9 Å². The molecule has 1 amide bonds. The van der Waals surface area contributed by atoms with Crippen LogP contribution in [0.3, 0.4) is 0 Å². The van der Waals surface area contributed by atoms with E-state index in [9.17, 15) is 9.59 Å². The maximum absolute atomic E-state index is 12.1. The van der Waals surface area contributed by atoms with Crippen LogP contribution >= 0.6 is 21.6 Å². The van der Waals surface area contributed by atoms with E-state index in [2.05, 4.69) is 15.6 Å². The predicted molar refractivity (Wildman–Crippen MR) is 136 cm³/mol. The van der Waals surface area contributed by atoms with Crippen LogP contribution < -0.4 is 15.7 Å². The van der Waals surface area contributed by atoms with Gasteiger partial charge >= 0.3 is 5.63 Å². The molecule has 1 saturated heterocycles. The highest BCUT2D eigenvalue weighted by Gasteiger charge is 2.16. The van der Waals surface area contributed by atoms with Crippen LogP contribution in [0.5, 0.6) is 5.75 Å². The number of benzene rings is 1. The molecule has 1 unspecified atom stereocenters. The number of unbranched alkanes of at least 4 members (excludes halogenated alkanes) is 1. The molecule has 34 heavy (non-hydrogen) atoms. The van der Waals surface area contributed by atoms with Gasteiger partial charge in [-0.05, 0) is 43.9 Å². The van der Waals surface area contributed by atoms with Gasteiger partial charge in [0.2, 0.25) is 5.91 Å². The van der Waals surface area contributed by atoms with Crippen molar-refractivity contribution in [2.45, 2.75) is 63.8 Å². The average molecular weight is 503 g/mol. The van der Waals surface area contributed by atoms with Crippen LogP contribution in [-0.2, 0) is 17.9 Å². The van der Waals surface area contributed by atoms with Gasteiger partial charge in [-0.2, -0.15) is 0 Å². The van der Waals surface area contributed by atoms with Gasteiger partial charge in [-0.3, -0.25) is 9.48 Å². The van der Waals surface area contributed by atoms with Gasteiger partial charge in [0.15, 0.2) is 0 Å². The molecule has 0 bridgehead atoms. The van der Waals surface area contributed by atoms with E-state index in [0.717, 1.165) is 41.2 Å². The Morgan fingerprint density at radius 2 is 2.21 bits per heavy atom. The predicted octanol–water partition coefficient (Wildman–Crippen LogP) is 4.49. The molecule has 182 valence electrons. The van der Waals surface area contributed by atoms with Crippen molar-refractivity contribution in [2.75, 3.05) is 12.4 Å². The molecule has 1 aromatic carbocycles. The first-order valence-corrected chi connectivity index (χ1v) is 14.1. The number of ether oxygens (including phenoxy) is 1. The lowest BCUT2D eigenvalue weighted by Gasteiger charge is -2.07. The number of nitrogens with one attached hydrogen (secondary N) is 1. The Morgan fingerprint density at radius 3 is 3.06 bits per heavy atom. The van der Waals surface area contributed by atoms with Crippen LogP contribution in [0.2, 0.25) is 0 Å². The molecule has 1 aliphatic rings. The zero-order valence-corrected chi connectivity index (χ0v) is 21.0. The van der Waals surface area contributed by atoms with Gasteiger partial charge in [-0.1, -0.05) is 33.2 Å². The van der Waals surface area contributed by atoms with Crippen molar-refractivity contribution in [2.24, 2.45) is 0 Å². The molecule has 0 aliphatic carbocycles. The summed E-state index contributed by atoms with van der Waals surface area (Å²) in [6.07, 6.45) is 7.70. The summed E-state index contributed by atoms with van der Waals surface area (Å²) in [6.45, 7) is 3.42. The first kappa shape index (κ1) is 24.7. The number of hydrogen-bond acceptors (Lipinski definition) is 8. The van der Waals surface area contributed by atoms with Gasteiger partial charge in [0.25, 0.3) is 0 Å². The number of fused-ring (bicyclic) bond motifs is 1. The summed E-state index contributed by atoms with van der Waals surface area (Å²) in [4.78, 5) is 23.6. The smallest absolute Gasteiger partial charge is 0.336 e. The zero-order valence-electron chi connectivity index (χ0n) is 19.3. The number of carbonyl (C=O) groups excluding carboxylic acids is 1. The lowest BCUT2D eigenvalue weighted by Crippen LogP contribution is -2.22. The van der Waals surface area contributed by atoms with Crippen molar-refractivity contribution >= 4 is 38.5 Å². The third-order valence-corrected chi connectivity index (χ3v) is 8.69. The molecule has 3 aromatic rings. The number of amides is 1. The number of hydrogen-bond donors (Lipinski definition) is 1. The fraction of sp³-hybridized carbons (Fsp3) is 0.500. The van der Waals surface area contributed by atoms with Crippen LogP contribution in [0.15, 0.2) is 39.7 Å². The Hall–Kier alpha value is -2.46. The van der Waals surface area contributed by atoms with E-state index in [-0.39, 0.29) is 11.5 Å². The zero-order chi connectivity index (χ0) is 23.8. The number of aromatic nitrogens is 3. The summed E-state index contributed by atoms with van der Waals surface area (Å²) >= 11 is 0. The lowest BCUT2D eigenvalue weighted by molar-refractivity contribution is -0.121. The SMILES string of the molecule is Cc1cc(=O)oc2cc(OCCCn3cc(CNC(=O)CCCCC4CCSS4)nn3)ccc12. The first-order chi connectivity index (χ1) is 16.6. The fourth-order valence-electron chi connectivity index (χ4n) is 3.84. The molecule has 3 heterocycles. The minimum Gasteiger partial charge on any atom is -0.493 e. The number of aryl methyl sites for hydroxylation is 2. The Morgan fingerprint density at radius 1 is 1.29 bits per heavy atom. The van der Waals surface area contributed by atoms with Crippen molar-refractivity contribution < 1.29 is 13.9 Å². The molecule has 1 fully saturated rings. The Kier molecular flexibility index (Phi) is 8.92. The van der Waals surface area contributed by atoms with Gasteiger partial charge in [0.05, 0.1) is 19.3 Å². The summed E-state index contributed by atoms with van der Waals surface area (Å²) in [7, 11) is 3.96. The number of nitrogens with zero attached hydrogens (tertiary/aromatic N) is 3. The molecule has 4 rings (SSSR count). The molecule has 2 aromatic heterocycles. The largest absolute Gasteiger partial charge is 0.493 e. The molecular formula is C24H30N4O4S2. The lowest BCUT2D eigenvalue weighted by atomic mass is 10.1. The summed E-state index contributed by atoms with van der Waals surface area (Å²) < 4.78 is 12.8. The quantitative estimate of drug-likeness (QED) is 0.220. The average Bonchev–Trinajstić information content (AvgIpc) is 3.50. The summed E-state index contributed by atoms with van der Waals surface area (Å²) in [6, 6.07) is 7.00. The molecule has 0 saturated carbocycles. The second-order valence-corrected chi connectivity index (χ2v) is 11.2. The molecule has 10 heteroatoms. The van der Waals surface area contributed by atoms with Crippen molar-refractivity contribution in [1.29, 1.82) is 0 Å². The van der Waals surface area contributed by atoms with Crippen LogP contribution in [-0.4, -0.2) is 38.5 Å². The second kappa shape index (κ2) is 12.3. The van der Waals surface area contributed by atoms with Gasteiger partial charge in [-0.15, -0.1) is 5.10 Å². The maximum Gasteiger partial charge on any atom is 0.336 e. The minimum absolute atomic E-state index is 0.0674. The molecule has 0 spiro atoms. The van der Waals surface area contributed by atoms with E-state index in [1.807, 2.05) is 46.8 Å². The van der Waals surface area contributed by atoms with E-state index in [4.69, 9.17) is 9.15 Å². The maximum atomic E-state index is 12.1. The van der Waals surface area contributed by atoms with Gasteiger partial charge < -0.3 is 14.5 Å². The Balaban J connectivity index is 1.12. The number of carbonyl (C=O) groups is 1. The summed E-state index contributed by atoms with van der Waals surface area (Å²) in [5.41, 5.74) is 1.79. The highest BCUT2D eigenvalue weighted by Crippen LogP contribution is 2.39. The normalized spacial score (nSPS) is 15.6. The van der Waals surface area contributed by atoms with E-state index >= 15 is 0 Å². The topological polar surface area (TPSA) is 99.2 Å². The number of rotatable bonds is 12. The fourth-order valence-corrected chi connectivity index (χ4v) is 6.87. The third-order valence-electron chi connectivity index (χ3n) is 5.68. The molecule has 1 N–H and O–H groups in total.